The van der Waals surface area contributed by atoms with Crippen LogP contribution in [0.25, 0.3) is 11.0 Å². The summed E-state index contributed by atoms with van der Waals surface area (Å²) in [6.45, 7) is 5.38. The number of benzene rings is 1. The van der Waals surface area contributed by atoms with Gasteiger partial charge in [-0.2, -0.15) is 0 Å². The van der Waals surface area contributed by atoms with E-state index in [9.17, 15) is 19.2 Å². The third-order valence-electron chi connectivity index (χ3n) is 5.60. The van der Waals surface area contributed by atoms with Gasteiger partial charge in [-0.1, -0.05) is 0 Å². The third kappa shape index (κ3) is 4.30. The zero-order valence-electron chi connectivity index (χ0n) is 17.9. The first-order valence-electron chi connectivity index (χ1n) is 10.1. The number of rotatable bonds is 5. The Kier molecular flexibility index (Phi) is 6.40. The van der Waals surface area contributed by atoms with Crippen molar-refractivity contribution in [2.24, 2.45) is 20.0 Å². The SMILES string of the molecule is CCOC(=O)[C@H]1CCCN(CC(=O)Nc2cc3c(cc2C)n(C)c(=O)c(=O)n3C)C1. The van der Waals surface area contributed by atoms with Crippen molar-refractivity contribution < 1.29 is 14.3 Å². The molecule has 0 saturated carbocycles. The maximum atomic E-state index is 12.7. The normalized spacial score (nSPS) is 17.1. The molecular formula is C21H28N4O5. The molecule has 0 unspecified atom stereocenters. The summed E-state index contributed by atoms with van der Waals surface area (Å²) in [5.41, 5.74) is 1.33. The number of hydrogen-bond acceptors (Lipinski definition) is 6. The van der Waals surface area contributed by atoms with Crippen molar-refractivity contribution in [3.63, 3.8) is 0 Å². The Balaban J connectivity index is 1.77. The molecule has 9 nitrogen and oxygen atoms in total. The first-order chi connectivity index (χ1) is 14.2. The van der Waals surface area contributed by atoms with E-state index in [1.165, 1.54) is 16.2 Å². The number of ether oxygens (including phenoxy) is 1. The Morgan fingerprint density at radius 2 is 1.77 bits per heavy atom. The van der Waals surface area contributed by atoms with Crippen molar-refractivity contribution in [1.29, 1.82) is 0 Å². The second kappa shape index (κ2) is 8.83. The molecule has 30 heavy (non-hydrogen) atoms. The number of nitrogens with one attached hydrogen (secondary N) is 1. The fourth-order valence-electron chi connectivity index (χ4n) is 3.90. The number of nitrogens with zero attached hydrogens (tertiary/aromatic N) is 3. The van der Waals surface area contributed by atoms with Crippen LogP contribution < -0.4 is 16.4 Å². The number of esters is 1. The standard InChI is InChI=1S/C21H28N4O5/c1-5-30-21(29)14-7-6-8-25(11-14)12-18(26)22-15-10-17-16(9-13(15)2)23(3)19(27)20(28)24(17)4/h9-10,14H,5-8,11-12H2,1-4H3,(H,22,26)/t14-/m0/s1. The molecule has 1 aliphatic rings. The van der Waals surface area contributed by atoms with E-state index in [1.54, 1.807) is 26.1 Å². The van der Waals surface area contributed by atoms with Crippen LogP contribution >= 0.6 is 0 Å². The van der Waals surface area contributed by atoms with Gasteiger partial charge >= 0.3 is 17.1 Å². The van der Waals surface area contributed by atoms with E-state index in [-0.39, 0.29) is 24.3 Å². The largest absolute Gasteiger partial charge is 0.466 e. The first kappa shape index (κ1) is 21.8. The molecule has 1 aromatic carbocycles. The van der Waals surface area contributed by atoms with Crippen molar-refractivity contribution in [3.05, 3.63) is 38.4 Å². The number of amides is 1. The number of carbonyl (C=O) groups excluding carboxylic acids is 2. The zero-order valence-corrected chi connectivity index (χ0v) is 17.9. The molecule has 1 saturated heterocycles. The van der Waals surface area contributed by atoms with E-state index >= 15 is 0 Å². The summed E-state index contributed by atoms with van der Waals surface area (Å²) in [5.74, 6) is -0.610. The Hall–Kier alpha value is -2.94. The molecule has 162 valence electrons. The molecule has 1 aromatic heterocycles. The van der Waals surface area contributed by atoms with Crippen molar-refractivity contribution in [2.45, 2.75) is 26.7 Å². The highest BCUT2D eigenvalue weighted by molar-refractivity contribution is 5.95. The number of hydrogen-bond donors (Lipinski definition) is 1. The maximum absolute atomic E-state index is 12.7. The summed E-state index contributed by atoms with van der Waals surface area (Å²) in [6.07, 6.45) is 1.61. The topological polar surface area (TPSA) is 103 Å². The average molecular weight is 416 g/mol. The van der Waals surface area contributed by atoms with E-state index < -0.39 is 11.1 Å². The van der Waals surface area contributed by atoms with Gasteiger partial charge in [0.2, 0.25) is 5.91 Å². The van der Waals surface area contributed by atoms with Gasteiger partial charge < -0.3 is 19.2 Å². The van der Waals surface area contributed by atoms with Gasteiger partial charge in [0.15, 0.2) is 0 Å². The van der Waals surface area contributed by atoms with E-state index in [1.807, 2.05) is 11.8 Å². The van der Waals surface area contributed by atoms with E-state index in [0.717, 1.165) is 24.9 Å². The first-order valence-corrected chi connectivity index (χ1v) is 10.1. The van der Waals surface area contributed by atoms with Gasteiger partial charge in [-0.25, -0.2) is 0 Å². The summed E-state index contributed by atoms with van der Waals surface area (Å²) >= 11 is 0. The molecule has 0 bridgehead atoms. The highest BCUT2D eigenvalue weighted by Gasteiger charge is 2.27. The van der Waals surface area contributed by atoms with Gasteiger partial charge in [-0.05, 0) is 50.9 Å². The monoisotopic (exact) mass is 416 g/mol. The summed E-state index contributed by atoms with van der Waals surface area (Å²) in [7, 11) is 3.09. The van der Waals surface area contributed by atoms with Gasteiger partial charge in [-0.3, -0.25) is 24.1 Å². The van der Waals surface area contributed by atoms with Crippen LogP contribution in [-0.4, -0.2) is 52.2 Å². The number of aromatic nitrogens is 2. The highest BCUT2D eigenvalue weighted by Crippen LogP contribution is 2.22. The van der Waals surface area contributed by atoms with Crippen molar-refractivity contribution in [1.82, 2.24) is 14.0 Å². The molecule has 0 aliphatic carbocycles. The molecule has 1 atom stereocenters. The van der Waals surface area contributed by atoms with Crippen LogP contribution in [0.1, 0.15) is 25.3 Å². The van der Waals surface area contributed by atoms with Crippen molar-refractivity contribution >= 4 is 28.6 Å². The van der Waals surface area contributed by atoms with Crippen molar-refractivity contribution in [2.75, 3.05) is 31.6 Å². The predicted octanol–water partition coefficient (Wildman–Crippen LogP) is 0.759. The summed E-state index contributed by atoms with van der Waals surface area (Å²) in [4.78, 5) is 50.8. The molecule has 9 heteroatoms. The van der Waals surface area contributed by atoms with Crippen molar-refractivity contribution in [3.8, 4) is 0 Å². The molecule has 0 spiro atoms. The number of piperidine rings is 1. The fraction of sp³-hybridized carbons (Fsp3) is 0.524. The second-order valence-corrected chi connectivity index (χ2v) is 7.76. The van der Waals surface area contributed by atoms with Gasteiger partial charge in [0, 0.05) is 26.3 Å². The Labute approximate surface area is 174 Å². The minimum absolute atomic E-state index is 0.166. The van der Waals surface area contributed by atoms with E-state index in [0.29, 0.717) is 29.9 Å². The van der Waals surface area contributed by atoms with Gasteiger partial charge in [0.25, 0.3) is 0 Å². The van der Waals surface area contributed by atoms with E-state index in [4.69, 9.17) is 4.74 Å². The Morgan fingerprint density at radius 1 is 1.13 bits per heavy atom. The van der Waals surface area contributed by atoms with E-state index in [2.05, 4.69) is 5.32 Å². The van der Waals surface area contributed by atoms with Gasteiger partial charge in [-0.15, -0.1) is 0 Å². The van der Waals surface area contributed by atoms with Crippen LogP contribution in [0.2, 0.25) is 0 Å². The molecule has 1 aliphatic heterocycles. The van der Waals surface area contributed by atoms with Gasteiger partial charge in [0.1, 0.15) is 0 Å². The van der Waals surface area contributed by atoms with Crippen LogP contribution in [0.5, 0.6) is 0 Å². The molecule has 3 rings (SSSR count). The molecule has 0 radical (unpaired) electrons. The lowest BCUT2D eigenvalue weighted by atomic mass is 9.98. The third-order valence-corrected chi connectivity index (χ3v) is 5.60. The quantitative estimate of drug-likeness (QED) is 0.570. The number of likely N-dealkylation sites (tertiary alicyclic amines) is 1. The summed E-state index contributed by atoms with van der Waals surface area (Å²) in [6, 6.07) is 3.49. The molecule has 1 N–H and O–H groups in total. The predicted molar refractivity (Wildman–Crippen MR) is 114 cm³/mol. The Morgan fingerprint density at radius 3 is 2.40 bits per heavy atom. The molecule has 2 heterocycles. The summed E-state index contributed by atoms with van der Waals surface area (Å²) < 4.78 is 7.72. The maximum Gasteiger partial charge on any atom is 0.316 e. The highest BCUT2D eigenvalue weighted by atomic mass is 16.5. The molecule has 1 amide bonds. The lowest BCUT2D eigenvalue weighted by Crippen LogP contribution is -2.43. The summed E-state index contributed by atoms with van der Waals surface area (Å²) in [5, 5.41) is 2.90. The number of carbonyl (C=O) groups is 2. The number of fused-ring (bicyclic) bond motifs is 1. The molecule has 2 aromatic rings. The smallest absolute Gasteiger partial charge is 0.316 e. The average Bonchev–Trinajstić information content (AvgIpc) is 2.72. The van der Waals surface area contributed by atoms with Crippen LogP contribution in [0.3, 0.4) is 0 Å². The minimum atomic E-state index is -0.621. The zero-order chi connectivity index (χ0) is 22.0. The number of anilines is 1. The lowest BCUT2D eigenvalue weighted by Gasteiger charge is -2.30. The Bertz CT molecular complexity index is 1100. The second-order valence-electron chi connectivity index (χ2n) is 7.76. The molecule has 1 fully saturated rings. The lowest BCUT2D eigenvalue weighted by molar-refractivity contribution is -0.150. The minimum Gasteiger partial charge on any atom is -0.466 e. The van der Waals surface area contributed by atoms with Gasteiger partial charge in [0.05, 0.1) is 30.1 Å². The fourth-order valence-corrected chi connectivity index (χ4v) is 3.90. The van der Waals surface area contributed by atoms with Crippen LogP contribution in [0, 0.1) is 12.8 Å². The van der Waals surface area contributed by atoms with Crippen LogP contribution in [0.4, 0.5) is 5.69 Å². The van der Waals surface area contributed by atoms with Crippen LogP contribution in [-0.2, 0) is 28.4 Å². The van der Waals surface area contributed by atoms with Crippen LogP contribution in [0.15, 0.2) is 21.7 Å². The number of aryl methyl sites for hydroxylation is 3. The molecular weight excluding hydrogens is 388 g/mol.